The number of carbonyl (C=O) groups excluding carboxylic acids is 1. The Morgan fingerprint density at radius 2 is 1.51 bits per heavy atom. The molecule has 2 aromatic carbocycles. The van der Waals surface area contributed by atoms with Crippen molar-refractivity contribution in [2.45, 2.75) is 65.8 Å². The number of halogens is 8. The van der Waals surface area contributed by atoms with E-state index in [1.54, 1.807) is 11.8 Å². The minimum absolute atomic E-state index is 0.00703. The summed E-state index contributed by atoms with van der Waals surface area (Å²) in [5.41, 5.74) is -7.63. The molecule has 0 bridgehead atoms. The molecule has 0 radical (unpaired) electrons. The number of carbonyl (C=O) groups is 1. The molecular formula is C27H25F8NO3S2. The van der Waals surface area contributed by atoms with Crippen LogP contribution in [-0.4, -0.2) is 55.7 Å². The molecule has 0 N–H and O–H groups in total. The van der Waals surface area contributed by atoms with Crippen molar-refractivity contribution in [2.24, 2.45) is 5.92 Å². The largest absolute Gasteiger partial charge is 0.435 e. The maximum atomic E-state index is 14.9. The summed E-state index contributed by atoms with van der Waals surface area (Å²) in [6, 6.07) is 4.52. The van der Waals surface area contributed by atoms with Crippen LogP contribution < -0.4 is 0 Å². The van der Waals surface area contributed by atoms with Crippen molar-refractivity contribution in [1.29, 1.82) is 0 Å². The van der Waals surface area contributed by atoms with E-state index in [0.29, 0.717) is 25.0 Å². The Kier molecular flexibility index (Phi) is 7.44. The summed E-state index contributed by atoms with van der Waals surface area (Å²) >= 11 is 1.69. The smallest absolute Gasteiger partial charge is 0.337 e. The van der Waals surface area contributed by atoms with E-state index in [0.717, 1.165) is 41.8 Å². The summed E-state index contributed by atoms with van der Waals surface area (Å²) in [6.45, 7) is -0.00703. The number of alkyl halides is 7. The lowest BCUT2D eigenvalue weighted by molar-refractivity contribution is -0.348. The van der Waals surface area contributed by atoms with Crippen LogP contribution in [0.3, 0.4) is 0 Å². The fourth-order valence-corrected chi connectivity index (χ4v) is 9.97. The lowest BCUT2D eigenvalue weighted by atomic mass is 9.76. The molecule has 2 saturated heterocycles. The Balaban J connectivity index is 1.68. The first-order valence-electron chi connectivity index (χ1n) is 12.9. The van der Waals surface area contributed by atoms with Crippen molar-refractivity contribution in [3.05, 3.63) is 65.0 Å². The number of nitrogens with zero attached hydrogens (tertiary/aromatic N) is 1. The van der Waals surface area contributed by atoms with Crippen LogP contribution in [-0.2, 0) is 31.5 Å². The zero-order valence-corrected chi connectivity index (χ0v) is 23.0. The lowest BCUT2D eigenvalue weighted by Gasteiger charge is -2.43. The molecule has 2 heterocycles. The van der Waals surface area contributed by atoms with Crippen LogP contribution in [0.1, 0.15) is 42.4 Å². The van der Waals surface area contributed by atoms with Crippen molar-refractivity contribution in [1.82, 2.24) is 4.90 Å². The van der Waals surface area contributed by atoms with E-state index in [9.17, 15) is 48.3 Å². The lowest BCUT2D eigenvalue weighted by Crippen LogP contribution is -2.53. The number of aryl methyl sites for hydroxylation is 1. The number of benzene rings is 2. The van der Waals surface area contributed by atoms with Crippen LogP contribution in [0.4, 0.5) is 35.1 Å². The van der Waals surface area contributed by atoms with Crippen molar-refractivity contribution >= 4 is 27.5 Å². The summed E-state index contributed by atoms with van der Waals surface area (Å²) < 4.78 is 136. The van der Waals surface area contributed by atoms with Crippen molar-refractivity contribution in [2.75, 3.05) is 18.1 Å². The van der Waals surface area contributed by atoms with Gasteiger partial charge in [-0.25, -0.2) is 17.2 Å². The number of fused-ring (bicyclic) bond motifs is 3. The molecule has 1 amide bonds. The normalized spacial score (nSPS) is 24.2. The minimum atomic E-state index is -6.33. The number of likely N-dealkylation sites (tertiary alicyclic amines) is 1. The number of hydrogen-bond donors (Lipinski definition) is 0. The SMILES string of the molecule is O=C(C1CCSCC1)N1CC[C@]2(S(=O)(=O)c3ccc(F)cc3)c3ccc(C(F)(C(F)(F)F)C(F)(F)F)cc3CC[C@H]12. The van der Waals surface area contributed by atoms with Crippen LogP contribution >= 0.6 is 11.8 Å². The molecule has 0 aromatic heterocycles. The van der Waals surface area contributed by atoms with Gasteiger partial charge < -0.3 is 4.90 Å². The van der Waals surface area contributed by atoms with Gasteiger partial charge >= 0.3 is 18.0 Å². The van der Waals surface area contributed by atoms with Gasteiger partial charge in [-0.1, -0.05) is 18.2 Å². The zero-order chi connectivity index (χ0) is 30.0. The Morgan fingerprint density at radius 1 is 0.902 bits per heavy atom. The summed E-state index contributed by atoms with van der Waals surface area (Å²) in [5, 5.41) is 0. The molecule has 2 fully saturated rings. The second kappa shape index (κ2) is 10.1. The summed E-state index contributed by atoms with van der Waals surface area (Å²) in [4.78, 5) is 14.8. The Labute approximate surface area is 235 Å². The summed E-state index contributed by atoms with van der Waals surface area (Å²) in [7, 11) is -4.50. The predicted molar refractivity (Wildman–Crippen MR) is 135 cm³/mol. The topological polar surface area (TPSA) is 54.5 Å². The third kappa shape index (κ3) is 4.54. The standard InChI is InChI=1S/C27H25F8NO3S2/c28-19-3-5-20(6-4-19)41(38,39)24-11-12-36(23(37)16-9-13-40-14-10-16)22(24)8-1-17-15-18(2-7-21(17)24)25(29,26(30,31)32)27(33,34)35/h2-7,15-16,22H,1,8-14H2/t22-,24-/m0/s1. The number of thioether (sulfide) groups is 1. The molecule has 41 heavy (non-hydrogen) atoms. The average molecular weight is 628 g/mol. The van der Waals surface area contributed by atoms with Crippen molar-refractivity contribution in [3.8, 4) is 0 Å². The van der Waals surface area contributed by atoms with Gasteiger partial charge in [-0.15, -0.1) is 0 Å². The molecule has 4 nitrogen and oxygen atoms in total. The predicted octanol–water partition coefficient (Wildman–Crippen LogP) is 6.47. The van der Waals surface area contributed by atoms with Crippen LogP contribution in [0.15, 0.2) is 47.4 Å². The van der Waals surface area contributed by atoms with Crippen LogP contribution in [0.5, 0.6) is 0 Å². The molecule has 2 aliphatic heterocycles. The molecule has 5 rings (SSSR count). The first kappa shape index (κ1) is 30.1. The fourth-order valence-electron chi connectivity index (χ4n) is 6.50. The van der Waals surface area contributed by atoms with Gasteiger partial charge in [-0.05, 0) is 79.0 Å². The Hall–Kier alpha value is -2.35. The van der Waals surface area contributed by atoms with Gasteiger partial charge in [-0.3, -0.25) is 4.79 Å². The van der Waals surface area contributed by atoms with Gasteiger partial charge in [0, 0.05) is 18.0 Å². The Morgan fingerprint density at radius 3 is 2.10 bits per heavy atom. The average Bonchev–Trinajstić information content (AvgIpc) is 3.33. The molecule has 0 unspecified atom stereocenters. The number of amides is 1. The first-order chi connectivity index (χ1) is 19.1. The van der Waals surface area contributed by atoms with Crippen LogP contribution in [0.25, 0.3) is 0 Å². The zero-order valence-electron chi connectivity index (χ0n) is 21.4. The highest BCUT2D eigenvalue weighted by Gasteiger charge is 2.74. The number of rotatable bonds is 4. The molecule has 3 aliphatic rings. The van der Waals surface area contributed by atoms with Gasteiger partial charge in [-0.2, -0.15) is 38.1 Å². The third-order valence-corrected chi connectivity index (χ3v) is 12.1. The summed E-state index contributed by atoms with van der Waals surface area (Å²) in [6.07, 6.45) is -11.9. The molecule has 2 atom stereocenters. The molecule has 224 valence electrons. The monoisotopic (exact) mass is 627 g/mol. The third-order valence-electron chi connectivity index (χ3n) is 8.52. The van der Waals surface area contributed by atoms with E-state index in [-0.39, 0.29) is 53.7 Å². The highest BCUT2D eigenvalue weighted by Crippen LogP contribution is 2.57. The fraction of sp³-hybridized carbons (Fsp3) is 0.519. The molecular weight excluding hydrogens is 602 g/mol. The van der Waals surface area contributed by atoms with E-state index in [2.05, 4.69) is 0 Å². The van der Waals surface area contributed by atoms with E-state index < -0.39 is 50.0 Å². The van der Waals surface area contributed by atoms with Gasteiger partial charge in [0.05, 0.1) is 10.9 Å². The molecule has 0 spiro atoms. The number of hydrogen-bond acceptors (Lipinski definition) is 4. The maximum absolute atomic E-state index is 14.9. The van der Waals surface area contributed by atoms with Crippen LogP contribution in [0, 0.1) is 11.7 Å². The van der Waals surface area contributed by atoms with Gasteiger partial charge in [0.2, 0.25) is 5.91 Å². The highest BCUT2D eigenvalue weighted by atomic mass is 32.2. The van der Waals surface area contributed by atoms with Gasteiger partial charge in [0.1, 0.15) is 10.6 Å². The van der Waals surface area contributed by atoms with E-state index >= 15 is 0 Å². The van der Waals surface area contributed by atoms with Crippen molar-refractivity contribution in [3.63, 3.8) is 0 Å². The molecule has 1 aliphatic carbocycles. The quantitative estimate of drug-likeness (QED) is 0.288. The van der Waals surface area contributed by atoms with Gasteiger partial charge in [0.15, 0.2) is 9.84 Å². The first-order valence-corrected chi connectivity index (χ1v) is 15.5. The van der Waals surface area contributed by atoms with E-state index in [1.807, 2.05) is 0 Å². The maximum Gasteiger partial charge on any atom is 0.435 e. The van der Waals surface area contributed by atoms with Crippen LogP contribution in [0.2, 0.25) is 0 Å². The number of sulfone groups is 1. The highest BCUT2D eigenvalue weighted by molar-refractivity contribution is 7.99. The molecule has 2 aromatic rings. The molecule has 14 heteroatoms. The Bertz CT molecular complexity index is 1420. The van der Waals surface area contributed by atoms with E-state index in [4.69, 9.17) is 0 Å². The van der Waals surface area contributed by atoms with E-state index in [1.165, 1.54) is 4.90 Å². The second-order valence-corrected chi connectivity index (χ2v) is 14.0. The summed E-state index contributed by atoms with van der Waals surface area (Å²) in [5.74, 6) is 0.202. The van der Waals surface area contributed by atoms with Gasteiger partial charge in [0.25, 0.3) is 0 Å². The second-order valence-electron chi connectivity index (χ2n) is 10.6. The minimum Gasteiger partial charge on any atom is -0.337 e. The van der Waals surface area contributed by atoms with Crippen molar-refractivity contribution < 1.29 is 48.3 Å². The molecule has 0 saturated carbocycles.